The first-order chi connectivity index (χ1) is 7.29. The highest BCUT2D eigenvalue weighted by Crippen LogP contribution is 2.22. The monoisotopic (exact) mass is 212 g/mol. The Balaban J connectivity index is 1.72. The summed E-state index contributed by atoms with van der Waals surface area (Å²) in [7, 11) is 1.72. The van der Waals surface area contributed by atoms with E-state index in [4.69, 9.17) is 4.74 Å². The number of nitrogens with one attached hydrogen (secondary N) is 2. The predicted octanol–water partition coefficient (Wildman–Crippen LogP) is 1.41. The van der Waals surface area contributed by atoms with E-state index in [1.807, 2.05) is 0 Å². The van der Waals surface area contributed by atoms with Gasteiger partial charge in [0.25, 0.3) is 0 Å². The summed E-state index contributed by atoms with van der Waals surface area (Å²) in [5.41, 5.74) is 0. The van der Waals surface area contributed by atoms with Crippen molar-refractivity contribution < 1.29 is 9.53 Å². The highest BCUT2D eigenvalue weighted by Gasteiger charge is 2.29. The van der Waals surface area contributed by atoms with Crippen molar-refractivity contribution in [1.29, 1.82) is 0 Å². The second-order valence-electron chi connectivity index (χ2n) is 4.56. The second kappa shape index (κ2) is 4.84. The smallest absolute Gasteiger partial charge is 0.315 e. The van der Waals surface area contributed by atoms with E-state index in [-0.39, 0.29) is 18.2 Å². The molecule has 2 unspecified atom stereocenters. The standard InChI is InChI=1S/C11H20N2O2/c1-15-10-7-3-6-9(10)13-11(14)12-8-4-2-5-8/h8-10H,2-7H2,1H3,(H2,12,13,14). The van der Waals surface area contributed by atoms with Crippen LogP contribution in [0.25, 0.3) is 0 Å². The number of hydrogen-bond donors (Lipinski definition) is 2. The molecule has 2 fully saturated rings. The number of methoxy groups -OCH3 is 1. The fraction of sp³-hybridized carbons (Fsp3) is 0.909. The van der Waals surface area contributed by atoms with Gasteiger partial charge in [-0.1, -0.05) is 0 Å². The molecule has 0 aromatic carbocycles. The molecule has 2 N–H and O–H groups in total. The molecule has 86 valence electrons. The van der Waals surface area contributed by atoms with Gasteiger partial charge in [-0.25, -0.2) is 4.79 Å². The Kier molecular flexibility index (Phi) is 3.46. The molecule has 0 heterocycles. The van der Waals surface area contributed by atoms with Gasteiger partial charge < -0.3 is 15.4 Å². The van der Waals surface area contributed by atoms with Gasteiger partial charge >= 0.3 is 6.03 Å². The first-order valence-electron chi connectivity index (χ1n) is 5.89. The van der Waals surface area contributed by atoms with Gasteiger partial charge in [-0.05, 0) is 38.5 Å². The lowest BCUT2D eigenvalue weighted by molar-refractivity contribution is 0.0871. The lowest BCUT2D eigenvalue weighted by Gasteiger charge is -2.28. The van der Waals surface area contributed by atoms with Crippen LogP contribution in [-0.2, 0) is 4.74 Å². The summed E-state index contributed by atoms with van der Waals surface area (Å²) in [6, 6.07) is 0.594. The summed E-state index contributed by atoms with van der Waals surface area (Å²) >= 11 is 0. The van der Waals surface area contributed by atoms with Crippen molar-refractivity contribution in [3.63, 3.8) is 0 Å². The largest absolute Gasteiger partial charge is 0.379 e. The van der Waals surface area contributed by atoms with Crippen molar-refractivity contribution in [2.24, 2.45) is 0 Å². The Bertz CT molecular complexity index is 229. The highest BCUT2D eigenvalue weighted by atomic mass is 16.5. The van der Waals surface area contributed by atoms with E-state index in [1.54, 1.807) is 7.11 Å². The quantitative estimate of drug-likeness (QED) is 0.743. The Hall–Kier alpha value is -0.770. The van der Waals surface area contributed by atoms with Gasteiger partial charge in [0.1, 0.15) is 0 Å². The van der Waals surface area contributed by atoms with E-state index >= 15 is 0 Å². The number of rotatable bonds is 3. The molecule has 0 saturated heterocycles. The van der Waals surface area contributed by atoms with Gasteiger partial charge in [0.2, 0.25) is 0 Å². The first kappa shape index (κ1) is 10.7. The fourth-order valence-electron chi connectivity index (χ4n) is 2.32. The molecule has 4 nitrogen and oxygen atoms in total. The normalized spacial score (nSPS) is 31.0. The van der Waals surface area contributed by atoms with Crippen LogP contribution < -0.4 is 10.6 Å². The summed E-state index contributed by atoms with van der Waals surface area (Å²) in [6.07, 6.45) is 6.96. The van der Waals surface area contributed by atoms with E-state index in [2.05, 4.69) is 10.6 Å². The van der Waals surface area contributed by atoms with E-state index < -0.39 is 0 Å². The Morgan fingerprint density at radius 2 is 1.87 bits per heavy atom. The van der Waals surface area contributed by atoms with E-state index in [1.165, 1.54) is 6.42 Å². The molecular formula is C11H20N2O2. The molecule has 2 rings (SSSR count). The molecule has 0 aromatic heterocycles. The molecule has 2 atom stereocenters. The van der Waals surface area contributed by atoms with Crippen LogP contribution in [0.2, 0.25) is 0 Å². The zero-order valence-electron chi connectivity index (χ0n) is 9.29. The number of amides is 2. The van der Waals surface area contributed by atoms with Crippen LogP contribution in [0.5, 0.6) is 0 Å². The fourth-order valence-corrected chi connectivity index (χ4v) is 2.32. The average molecular weight is 212 g/mol. The van der Waals surface area contributed by atoms with Gasteiger partial charge in [0.15, 0.2) is 0 Å². The third-order valence-electron chi connectivity index (χ3n) is 3.51. The van der Waals surface area contributed by atoms with Crippen LogP contribution in [0, 0.1) is 0 Å². The van der Waals surface area contributed by atoms with Crippen molar-refractivity contribution in [3.8, 4) is 0 Å². The molecule has 0 radical (unpaired) electrons. The summed E-state index contributed by atoms with van der Waals surface area (Å²) < 4.78 is 5.33. The Labute approximate surface area is 90.8 Å². The van der Waals surface area contributed by atoms with Gasteiger partial charge in [0.05, 0.1) is 12.1 Å². The van der Waals surface area contributed by atoms with Gasteiger partial charge in [-0.2, -0.15) is 0 Å². The highest BCUT2D eigenvalue weighted by molar-refractivity contribution is 5.74. The Morgan fingerprint density at radius 3 is 2.47 bits per heavy atom. The van der Waals surface area contributed by atoms with Crippen molar-refractivity contribution in [3.05, 3.63) is 0 Å². The number of carbonyl (C=O) groups is 1. The van der Waals surface area contributed by atoms with Crippen LogP contribution in [0.1, 0.15) is 38.5 Å². The first-order valence-corrected chi connectivity index (χ1v) is 5.89. The zero-order chi connectivity index (χ0) is 10.7. The minimum absolute atomic E-state index is 0.0198. The van der Waals surface area contributed by atoms with Crippen LogP contribution >= 0.6 is 0 Å². The lowest BCUT2D eigenvalue weighted by atomic mass is 9.93. The van der Waals surface area contributed by atoms with E-state index in [0.717, 1.165) is 32.1 Å². The molecule has 2 saturated carbocycles. The number of carbonyl (C=O) groups excluding carboxylic acids is 1. The maximum absolute atomic E-state index is 11.6. The molecule has 4 heteroatoms. The Morgan fingerprint density at radius 1 is 1.13 bits per heavy atom. The molecule has 15 heavy (non-hydrogen) atoms. The van der Waals surface area contributed by atoms with Crippen LogP contribution in [0.15, 0.2) is 0 Å². The van der Waals surface area contributed by atoms with E-state index in [0.29, 0.717) is 6.04 Å². The topological polar surface area (TPSA) is 50.4 Å². The lowest BCUT2D eigenvalue weighted by Crippen LogP contribution is -2.50. The molecule has 0 aliphatic heterocycles. The number of ether oxygens (including phenoxy) is 1. The molecule has 2 amide bonds. The van der Waals surface area contributed by atoms with Crippen molar-refractivity contribution in [2.75, 3.05) is 7.11 Å². The predicted molar refractivity (Wildman–Crippen MR) is 57.7 cm³/mol. The maximum atomic E-state index is 11.6. The zero-order valence-corrected chi connectivity index (χ0v) is 9.29. The summed E-state index contributed by atoms with van der Waals surface area (Å²) in [4.78, 5) is 11.6. The van der Waals surface area contributed by atoms with E-state index in [9.17, 15) is 4.79 Å². The minimum atomic E-state index is -0.0198. The summed E-state index contributed by atoms with van der Waals surface area (Å²) in [6.45, 7) is 0. The SMILES string of the molecule is COC1CCCC1NC(=O)NC1CCC1. The third kappa shape index (κ3) is 2.62. The minimum Gasteiger partial charge on any atom is -0.379 e. The second-order valence-corrected chi connectivity index (χ2v) is 4.56. The van der Waals surface area contributed by atoms with Crippen molar-refractivity contribution in [2.45, 2.75) is 56.7 Å². The van der Waals surface area contributed by atoms with Crippen LogP contribution in [0.4, 0.5) is 4.79 Å². The number of hydrogen-bond acceptors (Lipinski definition) is 2. The van der Waals surface area contributed by atoms with Gasteiger partial charge in [-0.3, -0.25) is 0 Å². The van der Waals surface area contributed by atoms with Gasteiger partial charge in [0, 0.05) is 13.2 Å². The van der Waals surface area contributed by atoms with Crippen LogP contribution in [-0.4, -0.2) is 31.3 Å². The molecule has 2 aliphatic rings. The molecule has 2 aliphatic carbocycles. The third-order valence-corrected chi connectivity index (χ3v) is 3.51. The van der Waals surface area contributed by atoms with Crippen molar-refractivity contribution >= 4 is 6.03 Å². The molecule has 0 bridgehead atoms. The van der Waals surface area contributed by atoms with Crippen LogP contribution in [0.3, 0.4) is 0 Å². The molecule has 0 spiro atoms. The average Bonchev–Trinajstić information content (AvgIpc) is 2.59. The maximum Gasteiger partial charge on any atom is 0.315 e. The van der Waals surface area contributed by atoms with Crippen molar-refractivity contribution in [1.82, 2.24) is 10.6 Å². The molecule has 0 aromatic rings. The van der Waals surface area contributed by atoms with Gasteiger partial charge in [-0.15, -0.1) is 0 Å². The summed E-state index contributed by atoms with van der Waals surface area (Å²) in [5.74, 6) is 0. The molecular weight excluding hydrogens is 192 g/mol. The summed E-state index contributed by atoms with van der Waals surface area (Å²) in [5, 5.41) is 5.99. The number of urea groups is 1.